The molecular formula is C10H14N3P. The first-order chi connectivity index (χ1) is 6.77. The molecule has 74 valence electrons. The second-order valence-corrected chi connectivity index (χ2v) is 4.99. The van der Waals surface area contributed by atoms with Gasteiger partial charge in [0.1, 0.15) is 0 Å². The zero-order valence-electron chi connectivity index (χ0n) is 8.03. The van der Waals surface area contributed by atoms with Gasteiger partial charge in [0, 0.05) is 31.6 Å². The topological polar surface area (TPSA) is 28.2 Å². The quantitative estimate of drug-likeness (QED) is 0.657. The third-order valence-corrected chi connectivity index (χ3v) is 3.53. The number of pyridine rings is 1. The summed E-state index contributed by atoms with van der Waals surface area (Å²) in [4.78, 5) is 6.68. The Bertz CT molecular complexity index is 337. The predicted octanol–water partition coefficient (Wildman–Crippen LogP) is -0.00840. The molecule has 4 heteroatoms. The molecule has 0 aromatic carbocycles. The van der Waals surface area contributed by atoms with Gasteiger partial charge in [-0.1, -0.05) is 9.24 Å². The molecule has 0 aliphatic carbocycles. The van der Waals surface area contributed by atoms with Gasteiger partial charge < -0.3 is 10.2 Å². The summed E-state index contributed by atoms with van der Waals surface area (Å²) in [5.74, 6) is 0. The van der Waals surface area contributed by atoms with Crippen molar-refractivity contribution >= 4 is 20.4 Å². The van der Waals surface area contributed by atoms with Gasteiger partial charge >= 0.3 is 0 Å². The van der Waals surface area contributed by atoms with Crippen LogP contribution < -0.4 is 15.7 Å². The summed E-state index contributed by atoms with van der Waals surface area (Å²) in [6.45, 7) is 4.77. The van der Waals surface area contributed by atoms with E-state index in [0.29, 0.717) is 5.41 Å². The molecule has 3 nitrogen and oxygen atoms in total. The van der Waals surface area contributed by atoms with Crippen LogP contribution in [0.4, 0.5) is 5.69 Å². The highest BCUT2D eigenvalue weighted by Gasteiger charge is 2.47. The van der Waals surface area contributed by atoms with Crippen LogP contribution in [0.15, 0.2) is 18.3 Å². The lowest BCUT2D eigenvalue weighted by Crippen LogP contribution is -2.71. The SMILES string of the molecule is Pc1ccc(N2CC3(CNC3)C2)cn1. The van der Waals surface area contributed by atoms with E-state index in [1.54, 1.807) is 0 Å². The smallest absolute Gasteiger partial charge is 0.0570 e. The van der Waals surface area contributed by atoms with Crippen LogP contribution in [0.2, 0.25) is 0 Å². The van der Waals surface area contributed by atoms with Gasteiger partial charge in [-0.25, -0.2) is 0 Å². The highest BCUT2D eigenvalue weighted by molar-refractivity contribution is 7.26. The lowest BCUT2D eigenvalue weighted by Gasteiger charge is -2.57. The first-order valence-corrected chi connectivity index (χ1v) is 5.52. The maximum atomic E-state index is 4.28. The van der Waals surface area contributed by atoms with E-state index >= 15 is 0 Å². The number of aromatic nitrogens is 1. The first kappa shape index (κ1) is 8.63. The molecule has 0 bridgehead atoms. The average molecular weight is 207 g/mol. The molecule has 1 atom stereocenters. The van der Waals surface area contributed by atoms with E-state index in [-0.39, 0.29) is 0 Å². The second kappa shape index (κ2) is 2.91. The van der Waals surface area contributed by atoms with Crippen LogP contribution in [0.5, 0.6) is 0 Å². The first-order valence-electron chi connectivity index (χ1n) is 4.95. The van der Waals surface area contributed by atoms with Gasteiger partial charge in [0.25, 0.3) is 0 Å². The molecule has 2 fully saturated rings. The Kier molecular flexibility index (Phi) is 1.80. The molecule has 2 aliphatic rings. The molecule has 1 aromatic heterocycles. The molecule has 0 amide bonds. The summed E-state index contributed by atoms with van der Waals surface area (Å²) in [5.41, 5.74) is 2.86. The largest absolute Gasteiger partial charge is 0.369 e. The number of nitrogens with one attached hydrogen (secondary N) is 1. The average Bonchev–Trinajstić information content (AvgIpc) is 2.03. The van der Waals surface area contributed by atoms with Crippen molar-refractivity contribution in [1.82, 2.24) is 10.3 Å². The van der Waals surface area contributed by atoms with Crippen LogP contribution in [0.25, 0.3) is 0 Å². The zero-order valence-corrected chi connectivity index (χ0v) is 9.19. The molecule has 1 aromatic rings. The number of hydrogen-bond acceptors (Lipinski definition) is 3. The minimum absolute atomic E-state index is 0.597. The van der Waals surface area contributed by atoms with Crippen molar-refractivity contribution < 1.29 is 0 Å². The fourth-order valence-corrected chi connectivity index (χ4v) is 2.40. The minimum atomic E-state index is 0.597. The molecule has 3 rings (SSSR count). The normalized spacial score (nSPS) is 23.1. The van der Waals surface area contributed by atoms with Crippen LogP contribution in [0, 0.1) is 5.41 Å². The molecule has 2 aliphatic heterocycles. The van der Waals surface area contributed by atoms with Crippen molar-refractivity contribution in [1.29, 1.82) is 0 Å². The molecule has 3 heterocycles. The van der Waals surface area contributed by atoms with Crippen LogP contribution >= 0.6 is 9.24 Å². The lowest BCUT2D eigenvalue weighted by atomic mass is 9.74. The van der Waals surface area contributed by atoms with E-state index < -0.39 is 0 Å². The number of hydrogen-bond donors (Lipinski definition) is 1. The van der Waals surface area contributed by atoms with Gasteiger partial charge in [0.15, 0.2) is 0 Å². The van der Waals surface area contributed by atoms with Crippen LogP contribution in [0.1, 0.15) is 0 Å². The van der Waals surface area contributed by atoms with Crippen LogP contribution in [-0.2, 0) is 0 Å². The summed E-state index contributed by atoms with van der Waals surface area (Å²) in [6.07, 6.45) is 1.96. The van der Waals surface area contributed by atoms with Gasteiger partial charge in [0.05, 0.1) is 17.3 Å². The Morgan fingerprint density at radius 2 is 2.14 bits per heavy atom. The Morgan fingerprint density at radius 3 is 2.64 bits per heavy atom. The highest BCUT2D eigenvalue weighted by atomic mass is 31.0. The van der Waals surface area contributed by atoms with Crippen molar-refractivity contribution in [3.63, 3.8) is 0 Å². The Balaban J connectivity index is 1.70. The minimum Gasteiger partial charge on any atom is -0.369 e. The number of rotatable bonds is 1. The van der Waals surface area contributed by atoms with Gasteiger partial charge in [-0.3, -0.25) is 4.98 Å². The standard InChI is InChI=1S/C10H14N3P/c14-9-2-1-8(3-12-9)13-6-10(7-13)4-11-5-10/h1-3,11H,4-7,14H2. The zero-order chi connectivity index (χ0) is 9.60. The van der Waals surface area contributed by atoms with Gasteiger partial charge in [-0.2, -0.15) is 0 Å². The van der Waals surface area contributed by atoms with Gasteiger partial charge in [0.2, 0.25) is 0 Å². The number of nitrogens with zero attached hydrogens (tertiary/aromatic N) is 2. The van der Waals surface area contributed by atoms with Crippen LogP contribution in [0.3, 0.4) is 0 Å². The van der Waals surface area contributed by atoms with E-state index in [9.17, 15) is 0 Å². The van der Waals surface area contributed by atoms with Crippen molar-refractivity contribution in [3.05, 3.63) is 18.3 Å². The molecule has 2 saturated heterocycles. The van der Waals surface area contributed by atoms with E-state index in [0.717, 1.165) is 5.44 Å². The lowest BCUT2D eigenvalue weighted by molar-refractivity contribution is 0.121. The maximum Gasteiger partial charge on any atom is 0.0570 e. The molecule has 0 radical (unpaired) electrons. The molecule has 1 unspecified atom stereocenters. The molecule has 1 spiro atoms. The molecule has 1 N–H and O–H groups in total. The third-order valence-electron chi connectivity index (χ3n) is 3.19. The number of anilines is 1. The van der Waals surface area contributed by atoms with Crippen molar-refractivity contribution in [3.8, 4) is 0 Å². The fraction of sp³-hybridized carbons (Fsp3) is 0.500. The highest BCUT2D eigenvalue weighted by Crippen LogP contribution is 2.36. The van der Waals surface area contributed by atoms with E-state index in [2.05, 4.69) is 30.5 Å². The summed E-state index contributed by atoms with van der Waals surface area (Å²) in [6, 6.07) is 4.19. The van der Waals surface area contributed by atoms with E-state index in [1.807, 2.05) is 12.3 Å². The van der Waals surface area contributed by atoms with Crippen molar-refractivity contribution in [2.75, 3.05) is 31.1 Å². The summed E-state index contributed by atoms with van der Waals surface area (Å²) < 4.78 is 0. The summed E-state index contributed by atoms with van der Waals surface area (Å²) in [5, 5.41) is 3.34. The Labute approximate surface area is 86.1 Å². The summed E-state index contributed by atoms with van der Waals surface area (Å²) in [7, 11) is 2.61. The monoisotopic (exact) mass is 207 g/mol. The van der Waals surface area contributed by atoms with Crippen LogP contribution in [-0.4, -0.2) is 31.2 Å². The van der Waals surface area contributed by atoms with Gasteiger partial charge in [-0.15, -0.1) is 0 Å². The van der Waals surface area contributed by atoms with E-state index in [4.69, 9.17) is 0 Å². The second-order valence-electron chi connectivity index (χ2n) is 4.40. The summed E-state index contributed by atoms with van der Waals surface area (Å²) >= 11 is 0. The predicted molar refractivity (Wildman–Crippen MR) is 61.1 cm³/mol. The molecule has 14 heavy (non-hydrogen) atoms. The van der Waals surface area contributed by atoms with Crippen molar-refractivity contribution in [2.24, 2.45) is 5.41 Å². The molecular weight excluding hydrogens is 193 g/mol. The van der Waals surface area contributed by atoms with Gasteiger partial charge in [-0.05, 0) is 12.1 Å². The molecule has 0 saturated carbocycles. The Morgan fingerprint density at radius 1 is 1.36 bits per heavy atom. The van der Waals surface area contributed by atoms with Crippen molar-refractivity contribution in [2.45, 2.75) is 0 Å². The van der Waals surface area contributed by atoms with E-state index in [1.165, 1.54) is 31.9 Å². The third kappa shape index (κ3) is 1.23. The fourth-order valence-electron chi connectivity index (χ4n) is 2.23. The maximum absolute atomic E-state index is 4.28. The Hall–Kier alpha value is -0.660.